The Labute approximate surface area is 109 Å². The Bertz CT molecular complexity index is 665. The van der Waals surface area contributed by atoms with Gasteiger partial charge in [0, 0.05) is 12.7 Å². The van der Waals surface area contributed by atoms with E-state index in [1.165, 1.54) is 0 Å². The molecule has 0 amide bonds. The van der Waals surface area contributed by atoms with Crippen LogP contribution in [0.2, 0.25) is 0 Å². The van der Waals surface area contributed by atoms with Crippen molar-refractivity contribution < 1.29 is 26.7 Å². The number of carboxylic acids is 1. The zero-order chi connectivity index (χ0) is 14.7. The third-order valence-electron chi connectivity index (χ3n) is 1.94. The predicted octanol–water partition coefficient (Wildman–Crippen LogP) is -1.65. The molecule has 0 spiro atoms. The van der Waals surface area contributed by atoms with Gasteiger partial charge in [0.15, 0.2) is 5.03 Å². The van der Waals surface area contributed by atoms with Gasteiger partial charge in [-0.05, 0) is 12.1 Å². The maximum atomic E-state index is 11.6. The third-order valence-corrected chi connectivity index (χ3v) is 4.09. The van der Waals surface area contributed by atoms with E-state index in [2.05, 4.69) is 4.98 Å². The summed E-state index contributed by atoms with van der Waals surface area (Å²) in [7, 11) is -7.77. The van der Waals surface area contributed by atoms with Gasteiger partial charge < -0.3 is 5.11 Å². The average Bonchev–Trinajstić information content (AvgIpc) is 2.27. The van der Waals surface area contributed by atoms with Gasteiger partial charge in [0.2, 0.25) is 10.0 Å². The molecule has 0 atom stereocenters. The SMILES string of the molecule is NS(=O)(=O)CCNS(=O)(=O)c1ccc(C(=O)O)cn1. The van der Waals surface area contributed by atoms with E-state index in [0.29, 0.717) is 0 Å². The number of carbonyl (C=O) groups is 1. The van der Waals surface area contributed by atoms with Crippen molar-refractivity contribution in [3.05, 3.63) is 23.9 Å². The van der Waals surface area contributed by atoms with Gasteiger partial charge in [-0.15, -0.1) is 0 Å². The molecule has 0 aliphatic carbocycles. The maximum Gasteiger partial charge on any atom is 0.337 e. The van der Waals surface area contributed by atoms with Crippen LogP contribution in [0.15, 0.2) is 23.4 Å². The highest BCUT2D eigenvalue weighted by molar-refractivity contribution is 7.90. The highest BCUT2D eigenvalue weighted by Crippen LogP contribution is 2.06. The lowest BCUT2D eigenvalue weighted by atomic mass is 10.3. The lowest BCUT2D eigenvalue weighted by Crippen LogP contribution is -2.32. The Kier molecular flexibility index (Phi) is 4.57. The smallest absolute Gasteiger partial charge is 0.337 e. The number of aromatic carboxylic acids is 1. The van der Waals surface area contributed by atoms with Crippen molar-refractivity contribution in [2.45, 2.75) is 5.03 Å². The maximum absolute atomic E-state index is 11.6. The number of sulfonamides is 2. The van der Waals surface area contributed by atoms with Crippen molar-refractivity contribution in [1.82, 2.24) is 9.71 Å². The molecule has 0 saturated carbocycles. The van der Waals surface area contributed by atoms with Gasteiger partial charge in [0.05, 0.1) is 11.3 Å². The quantitative estimate of drug-likeness (QED) is 0.568. The van der Waals surface area contributed by atoms with Gasteiger partial charge in [-0.25, -0.2) is 36.5 Å². The van der Waals surface area contributed by atoms with Crippen molar-refractivity contribution in [3.63, 3.8) is 0 Å². The van der Waals surface area contributed by atoms with E-state index >= 15 is 0 Å². The standard InChI is InChI=1S/C8H11N3O6S2/c9-18(14,15)4-3-11-19(16,17)7-2-1-6(5-10-7)8(12)13/h1-2,5,11H,3-4H2,(H,12,13)(H2,9,14,15). The predicted molar refractivity (Wildman–Crippen MR) is 64.4 cm³/mol. The van der Waals surface area contributed by atoms with Crippen molar-refractivity contribution in [2.75, 3.05) is 12.3 Å². The van der Waals surface area contributed by atoms with Crippen molar-refractivity contribution >= 4 is 26.0 Å². The zero-order valence-corrected chi connectivity index (χ0v) is 11.1. The summed E-state index contributed by atoms with van der Waals surface area (Å²) in [6, 6.07) is 2.08. The van der Waals surface area contributed by atoms with Gasteiger partial charge in [0.1, 0.15) is 0 Å². The Hall–Kier alpha value is -1.56. The summed E-state index contributed by atoms with van der Waals surface area (Å²) in [5, 5.41) is 12.9. The summed E-state index contributed by atoms with van der Waals surface area (Å²) in [6.45, 7) is -0.399. The first-order chi connectivity index (χ1) is 8.62. The van der Waals surface area contributed by atoms with E-state index < -0.39 is 43.3 Å². The van der Waals surface area contributed by atoms with Crippen molar-refractivity contribution in [1.29, 1.82) is 0 Å². The van der Waals surface area contributed by atoms with Gasteiger partial charge in [-0.3, -0.25) is 0 Å². The summed E-state index contributed by atoms with van der Waals surface area (Å²) in [6.07, 6.45) is 0.885. The number of hydrogen-bond donors (Lipinski definition) is 3. The lowest BCUT2D eigenvalue weighted by molar-refractivity contribution is 0.0696. The average molecular weight is 309 g/mol. The number of rotatable bonds is 6. The third kappa shape index (κ3) is 4.90. The minimum Gasteiger partial charge on any atom is -0.478 e. The highest BCUT2D eigenvalue weighted by Gasteiger charge is 2.17. The van der Waals surface area contributed by atoms with Crippen LogP contribution in [0.25, 0.3) is 0 Å². The molecule has 1 aromatic rings. The van der Waals surface area contributed by atoms with Gasteiger partial charge in [-0.2, -0.15) is 0 Å². The van der Waals surface area contributed by atoms with E-state index in [-0.39, 0.29) is 5.56 Å². The van der Waals surface area contributed by atoms with Crippen LogP contribution in [0.1, 0.15) is 10.4 Å². The first-order valence-electron chi connectivity index (χ1n) is 4.81. The lowest BCUT2D eigenvalue weighted by Gasteiger charge is -2.05. The van der Waals surface area contributed by atoms with Crippen molar-refractivity contribution in [3.8, 4) is 0 Å². The van der Waals surface area contributed by atoms with Gasteiger partial charge in [0.25, 0.3) is 10.0 Å². The van der Waals surface area contributed by atoms with E-state index in [1.807, 2.05) is 4.72 Å². The Morgan fingerprint density at radius 3 is 2.37 bits per heavy atom. The summed E-state index contributed by atoms with van der Waals surface area (Å²) < 4.78 is 46.5. The van der Waals surface area contributed by atoms with Crippen LogP contribution in [-0.2, 0) is 20.0 Å². The number of carboxylic acid groups (broad SMARTS) is 1. The summed E-state index contributed by atoms with van der Waals surface area (Å²) in [5.74, 6) is -1.79. The second-order valence-corrected chi connectivity index (χ2v) is 6.90. The van der Waals surface area contributed by atoms with E-state index in [4.69, 9.17) is 10.2 Å². The normalized spacial score (nSPS) is 12.3. The molecule has 0 aliphatic heterocycles. The number of pyridine rings is 1. The van der Waals surface area contributed by atoms with Crippen LogP contribution >= 0.6 is 0 Å². The van der Waals surface area contributed by atoms with E-state index in [9.17, 15) is 21.6 Å². The molecular formula is C8H11N3O6S2. The second-order valence-electron chi connectivity index (χ2n) is 3.46. The molecule has 1 aromatic heterocycles. The number of hydrogen-bond acceptors (Lipinski definition) is 6. The van der Waals surface area contributed by atoms with Crippen LogP contribution in [0, 0.1) is 0 Å². The van der Waals surface area contributed by atoms with Crippen LogP contribution in [0.4, 0.5) is 0 Å². The largest absolute Gasteiger partial charge is 0.478 e. The van der Waals surface area contributed by atoms with E-state index in [1.54, 1.807) is 0 Å². The number of primary sulfonamides is 1. The Morgan fingerprint density at radius 1 is 1.32 bits per heavy atom. The fourth-order valence-electron chi connectivity index (χ4n) is 1.06. The molecule has 0 aromatic carbocycles. The number of nitrogens with two attached hydrogens (primary N) is 1. The molecule has 19 heavy (non-hydrogen) atoms. The molecule has 106 valence electrons. The molecule has 0 fully saturated rings. The molecule has 0 saturated heterocycles. The van der Waals surface area contributed by atoms with Crippen LogP contribution < -0.4 is 9.86 Å². The Balaban J connectivity index is 2.80. The first-order valence-corrected chi connectivity index (χ1v) is 8.01. The molecule has 0 bridgehead atoms. The molecule has 0 aliphatic rings. The van der Waals surface area contributed by atoms with Crippen molar-refractivity contribution in [2.24, 2.45) is 5.14 Å². The number of nitrogens with zero attached hydrogens (tertiary/aromatic N) is 1. The Morgan fingerprint density at radius 2 is 1.95 bits per heavy atom. The van der Waals surface area contributed by atoms with Crippen LogP contribution in [-0.4, -0.2) is 45.2 Å². The summed E-state index contributed by atoms with van der Waals surface area (Å²) >= 11 is 0. The molecular weight excluding hydrogens is 298 g/mol. The van der Waals surface area contributed by atoms with Gasteiger partial charge in [-0.1, -0.05) is 0 Å². The fourth-order valence-corrected chi connectivity index (χ4v) is 2.53. The first kappa shape index (κ1) is 15.5. The molecule has 9 nitrogen and oxygen atoms in total. The summed E-state index contributed by atoms with van der Waals surface area (Å²) in [5.41, 5.74) is -0.163. The molecule has 11 heteroatoms. The van der Waals surface area contributed by atoms with Gasteiger partial charge >= 0.3 is 5.97 Å². The number of aromatic nitrogens is 1. The number of nitrogens with one attached hydrogen (secondary N) is 1. The topological polar surface area (TPSA) is 157 Å². The minimum absolute atomic E-state index is 0.163. The van der Waals surface area contributed by atoms with E-state index in [0.717, 1.165) is 18.3 Å². The molecule has 1 heterocycles. The highest BCUT2D eigenvalue weighted by atomic mass is 32.2. The fraction of sp³-hybridized carbons (Fsp3) is 0.250. The molecule has 1 rings (SSSR count). The monoisotopic (exact) mass is 309 g/mol. The minimum atomic E-state index is -4.00. The van der Waals surface area contributed by atoms with Crippen LogP contribution in [0.5, 0.6) is 0 Å². The summed E-state index contributed by atoms with van der Waals surface area (Å²) in [4.78, 5) is 14.0. The van der Waals surface area contributed by atoms with Crippen LogP contribution in [0.3, 0.4) is 0 Å². The zero-order valence-electron chi connectivity index (χ0n) is 9.48. The molecule has 4 N–H and O–H groups in total. The molecule has 0 unspecified atom stereocenters. The second kappa shape index (κ2) is 5.61. The molecule has 0 radical (unpaired) electrons.